The minimum Gasteiger partial charge on any atom is -0.444 e. The van der Waals surface area contributed by atoms with E-state index in [1.807, 2.05) is 26.8 Å². The fourth-order valence-electron chi connectivity index (χ4n) is 3.02. The van der Waals surface area contributed by atoms with Gasteiger partial charge in [0.1, 0.15) is 5.60 Å². The highest BCUT2D eigenvalue weighted by Crippen LogP contribution is 2.22. The van der Waals surface area contributed by atoms with E-state index in [9.17, 15) is 13.2 Å². The quantitative estimate of drug-likeness (QED) is 0.784. The van der Waals surface area contributed by atoms with Gasteiger partial charge in [0.05, 0.1) is 17.4 Å². The molecule has 148 valence electrons. The molecule has 1 amide bonds. The van der Waals surface area contributed by atoms with Gasteiger partial charge in [-0.3, -0.25) is 0 Å². The van der Waals surface area contributed by atoms with Crippen LogP contribution in [0.2, 0.25) is 0 Å². The first-order valence-electron chi connectivity index (χ1n) is 8.95. The number of likely N-dealkylation sites (tertiary alicyclic amines) is 1. The number of carbonyl (C=O) groups is 1. The molecular weight excluding hydrogens is 366 g/mol. The lowest BCUT2D eigenvalue weighted by molar-refractivity contribution is 0.0183. The molecule has 1 aliphatic rings. The molecule has 0 spiro atoms. The molecule has 7 nitrogen and oxygen atoms in total. The van der Waals surface area contributed by atoms with Crippen LogP contribution in [0.4, 0.5) is 4.79 Å². The number of piperidine rings is 1. The normalized spacial score (nSPS) is 16.2. The molecule has 1 aromatic carbocycles. The van der Waals surface area contributed by atoms with Gasteiger partial charge in [-0.25, -0.2) is 17.5 Å². The molecule has 1 aromatic rings. The first-order chi connectivity index (χ1) is 12.5. The van der Waals surface area contributed by atoms with Crippen LogP contribution >= 0.6 is 0 Å². The third-order valence-corrected chi connectivity index (χ3v) is 6.40. The molecule has 27 heavy (non-hydrogen) atoms. The van der Waals surface area contributed by atoms with Crippen LogP contribution in [-0.2, 0) is 20.5 Å². The molecule has 0 bridgehead atoms. The van der Waals surface area contributed by atoms with Crippen molar-refractivity contribution in [1.82, 2.24) is 9.21 Å². The maximum atomic E-state index is 12.8. The van der Waals surface area contributed by atoms with Crippen LogP contribution < -0.4 is 0 Å². The standard InChI is InChI=1S/C19H27N3O4S/c1-19(2,3)26-18(23)22-11-9-17(10-12-22)21(4)27(24,25)14-16-8-6-5-7-15(16)13-20/h5-8,17H,9-12,14H2,1-4H3. The number of benzene rings is 1. The molecule has 1 aliphatic heterocycles. The van der Waals surface area contributed by atoms with Gasteiger partial charge in [0.25, 0.3) is 0 Å². The van der Waals surface area contributed by atoms with E-state index in [1.165, 1.54) is 4.31 Å². The Morgan fingerprint density at radius 2 is 1.89 bits per heavy atom. The number of amides is 1. The van der Waals surface area contributed by atoms with Gasteiger partial charge in [-0.2, -0.15) is 5.26 Å². The second-order valence-corrected chi connectivity index (χ2v) is 9.77. The smallest absolute Gasteiger partial charge is 0.410 e. The highest BCUT2D eigenvalue weighted by Gasteiger charge is 2.32. The third-order valence-electron chi connectivity index (χ3n) is 4.54. The van der Waals surface area contributed by atoms with Crippen molar-refractivity contribution in [2.75, 3.05) is 20.1 Å². The maximum absolute atomic E-state index is 12.8. The number of carbonyl (C=O) groups excluding carboxylic acids is 1. The monoisotopic (exact) mass is 393 g/mol. The Morgan fingerprint density at radius 3 is 2.44 bits per heavy atom. The van der Waals surface area contributed by atoms with Crippen LogP contribution in [0.3, 0.4) is 0 Å². The molecule has 0 atom stereocenters. The highest BCUT2D eigenvalue weighted by molar-refractivity contribution is 7.88. The van der Waals surface area contributed by atoms with Crippen molar-refractivity contribution in [3.8, 4) is 6.07 Å². The lowest BCUT2D eigenvalue weighted by Crippen LogP contribution is -2.48. The summed E-state index contributed by atoms with van der Waals surface area (Å²) in [4.78, 5) is 13.8. The van der Waals surface area contributed by atoms with Crippen LogP contribution in [-0.4, -0.2) is 55.5 Å². The van der Waals surface area contributed by atoms with Gasteiger partial charge < -0.3 is 9.64 Å². The second-order valence-electron chi connectivity index (χ2n) is 7.74. The van der Waals surface area contributed by atoms with E-state index in [0.29, 0.717) is 37.1 Å². The molecule has 1 fully saturated rings. The zero-order valence-corrected chi connectivity index (χ0v) is 17.1. The summed E-state index contributed by atoms with van der Waals surface area (Å²) in [5, 5.41) is 9.16. The lowest BCUT2D eigenvalue weighted by atomic mass is 10.1. The summed E-state index contributed by atoms with van der Waals surface area (Å²) >= 11 is 0. The lowest BCUT2D eigenvalue weighted by Gasteiger charge is -2.36. The Labute approximate surface area is 161 Å². The molecule has 0 radical (unpaired) electrons. The van der Waals surface area contributed by atoms with Gasteiger partial charge in [-0.1, -0.05) is 18.2 Å². The van der Waals surface area contributed by atoms with Crippen LogP contribution in [0, 0.1) is 11.3 Å². The van der Waals surface area contributed by atoms with Crippen molar-refractivity contribution < 1.29 is 17.9 Å². The summed E-state index contributed by atoms with van der Waals surface area (Å²) in [5.74, 6) is -0.209. The number of hydrogen-bond donors (Lipinski definition) is 0. The second kappa shape index (κ2) is 8.28. The summed E-state index contributed by atoms with van der Waals surface area (Å²) in [6.45, 7) is 6.35. The molecule has 8 heteroatoms. The summed E-state index contributed by atoms with van der Waals surface area (Å²) in [6.07, 6.45) is 0.735. The Morgan fingerprint density at radius 1 is 1.30 bits per heavy atom. The number of rotatable bonds is 4. The van der Waals surface area contributed by atoms with Gasteiger partial charge in [0, 0.05) is 26.2 Å². The van der Waals surface area contributed by atoms with Crippen LogP contribution in [0.1, 0.15) is 44.7 Å². The number of ether oxygens (including phenoxy) is 1. The molecule has 2 rings (SSSR count). The predicted molar refractivity (Wildman–Crippen MR) is 102 cm³/mol. The average molecular weight is 394 g/mol. The van der Waals surface area contributed by atoms with E-state index in [4.69, 9.17) is 10.00 Å². The minimum absolute atomic E-state index is 0.178. The summed E-state index contributed by atoms with van der Waals surface area (Å²) in [6, 6.07) is 8.57. The van der Waals surface area contributed by atoms with Gasteiger partial charge in [0.15, 0.2) is 0 Å². The minimum atomic E-state index is -3.56. The first-order valence-corrected chi connectivity index (χ1v) is 10.6. The third kappa shape index (κ3) is 5.68. The topological polar surface area (TPSA) is 90.7 Å². The fraction of sp³-hybridized carbons (Fsp3) is 0.579. The Bertz CT molecular complexity index is 816. The maximum Gasteiger partial charge on any atom is 0.410 e. The predicted octanol–water partition coefficient (Wildman–Crippen LogP) is 2.72. The Kier molecular flexibility index (Phi) is 6.50. The van der Waals surface area contributed by atoms with Crippen molar-refractivity contribution in [2.24, 2.45) is 0 Å². The molecule has 1 heterocycles. The van der Waals surface area contributed by atoms with Gasteiger partial charge in [0.2, 0.25) is 10.0 Å². The van der Waals surface area contributed by atoms with E-state index in [1.54, 1.807) is 36.2 Å². The molecule has 0 aromatic heterocycles. The van der Waals surface area contributed by atoms with Gasteiger partial charge in [-0.05, 0) is 45.2 Å². The van der Waals surface area contributed by atoms with Crippen molar-refractivity contribution in [3.63, 3.8) is 0 Å². The van der Waals surface area contributed by atoms with E-state index in [0.717, 1.165) is 0 Å². The summed E-state index contributed by atoms with van der Waals surface area (Å²) in [7, 11) is -2.00. The van der Waals surface area contributed by atoms with Gasteiger partial charge >= 0.3 is 6.09 Å². The molecule has 1 saturated heterocycles. The highest BCUT2D eigenvalue weighted by atomic mass is 32.2. The number of nitrogens with zero attached hydrogens (tertiary/aromatic N) is 3. The van der Waals surface area contributed by atoms with Crippen molar-refractivity contribution in [3.05, 3.63) is 35.4 Å². The van der Waals surface area contributed by atoms with E-state index in [2.05, 4.69) is 0 Å². The number of nitriles is 1. The van der Waals surface area contributed by atoms with Crippen LogP contribution in [0.25, 0.3) is 0 Å². The number of hydrogen-bond acceptors (Lipinski definition) is 5. The number of sulfonamides is 1. The van der Waals surface area contributed by atoms with E-state index in [-0.39, 0.29) is 17.9 Å². The molecule has 0 N–H and O–H groups in total. The summed E-state index contributed by atoms with van der Waals surface area (Å²) in [5.41, 5.74) is 0.314. The zero-order chi connectivity index (χ0) is 20.2. The fourth-order valence-corrected chi connectivity index (χ4v) is 4.53. The van der Waals surface area contributed by atoms with Crippen molar-refractivity contribution >= 4 is 16.1 Å². The average Bonchev–Trinajstić information content (AvgIpc) is 2.60. The van der Waals surface area contributed by atoms with E-state index < -0.39 is 15.6 Å². The van der Waals surface area contributed by atoms with Crippen LogP contribution in [0.5, 0.6) is 0 Å². The summed E-state index contributed by atoms with van der Waals surface area (Å²) < 4.78 is 32.3. The molecular formula is C19H27N3O4S. The molecule has 0 aliphatic carbocycles. The SMILES string of the molecule is CN(C1CCN(C(=O)OC(C)(C)C)CC1)S(=O)(=O)Cc1ccccc1C#N. The largest absolute Gasteiger partial charge is 0.444 e. The molecule has 0 saturated carbocycles. The van der Waals surface area contributed by atoms with Crippen LogP contribution in [0.15, 0.2) is 24.3 Å². The Hall–Kier alpha value is -2.11. The van der Waals surface area contributed by atoms with Crippen molar-refractivity contribution in [1.29, 1.82) is 5.26 Å². The zero-order valence-electron chi connectivity index (χ0n) is 16.3. The Balaban J connectivity index is 1.99. The van der Waals surface area contributed by atoms with Gasteiger partial charge in [-0.15, -0.1) is 0 Å². The molecule has 0 unspecified atom stereocenters. The van der Waals surface area contributed by atoms with Crippen molar-refractivity contribution in [2.45, 2.75) is 51.0 Å². The first kappa shape index (κ1) is 21.2. The van der Waals surface area contributed by atoms with E-state index >= 15 is 0 Å².